The molecule has 2 amide bonds. The van der Waals surface area contributed by atoms with Gasteiger partial charge in [-0.2, -0.15) is 0 Å². The number of likely N-dealkylation sites (tertiary alicyclic amines) is 1. The van der Waals surface area contributed by atoms with E-state index in [4.69, 9.17) is 4.42 Å². The molecule has 1 aliphatic heterocycles. The molecule has 0 unspecified atom stereocenters. The summed E-state index contributed by atoms with van der Waals surface area (Å²) in [5, 5.41) is 0. The molecule has 4 rings (SSSR count). The molecule has 1 atom stereocenters. The van der Waals surface area contributed by atoms with Crippen LogP contribution in [-0.4, -0.2) is 52.8 Å². The average molecular weight is 458 g/mol. The zero-order valence-corrected chi connectivity index (χ0v) is 19.8. The molecular formula is C28H31N3O3. The molecule has 1 aliphatic rings. The fourth-order valence-corrected chi connectivity index (χ4v) is 4.67. The number of nitrogens with zero attached hydrogens (tertiary/aromatic N) is 3. The molecule has 1 aromatic carbocycles. The van der Waals surface area contributed by atoms with Crippen LogP contribution in [0, 0.1) is 12.8 Å². The summed E-state index contributed by atoms with van der Waals surface area (Å²) < 4.78 is 5.37. The number of hydrogen-bond acceptors (Lipinski definition) is 4. The molecule has 0 spiro atoms. The van der Waals surface area contributed by atoms with Crippen molar-refractivity contribution in [3.05, 3.63) is 95.7 Å². The van der Waals surface area contributed by atoms with Crippen molar-refractivity contribution in [2.24, 2.45) is 5.92 Å². The lowest BCUT2D eigenvalue weighted by Crippen LogP contribution is -2.48. The van der Waals surface area contributed by atoms with Crippen LogP contribution in [0.25, 0.3) is 6.08 Å². The first-order valence-corrected chi connectivity index (χ1v) is 11.7. The van der Waals surface area contributed by atoms with E-state index in [9.17, 15) is 9.59 Å². The van der Waals surface area contributed by atoms with E-state index in [-0.39, 0.29) is 17.9 Å². The molecule has 1 saturated heterocycles. The molecule has 0 N–H and O–H groups in total. The first kappa shape index (κ1) is 23.5. The van der Waals surface area contributed by atoms with Crippen LogP contribution in [0.3, 0.4) is 0 Å². The molecule has 0 aliphatic carbocycles. The van der Waals surface area contributed by atoms with Gasteiger partial charge in [-0.1, -0.05) is 30.3 Å². The molecule has 34 heavy (non-hydrogen) atoms. The molecule has 3 heterocycles. The van der Waals surface area contributed by atoms with E-state index >= 15 is 0 Å². The maximum absolute atomic E-state index is 13.3. The Morgan fingerprint density at radius 1 is 1.12 bits per heavy atom. The smallest absolute Gasteiger partial charge is 0.257 e. The Hall–Kier alpha value is -3.67. The third-order valence-electron chi connectivity index (χ3n) is 6.71. The van der Waals surface area contributed by atoms with E-state index in [2.05, 4.69) is 17.1 Å². The number of aromatic nitrogens is 1. The number of likely N-dealkylation sites (N-methyl/N-ethyl adjacent to an activating group) is 1. The van der Waals surface area contributed by atoms with Gasteiger partial charge >= 0.3 is 0 Å². The largest absolute Gasteiger partial charge is 0.469 e. The maximum Gasteiger partial charge on any atom is 0.257 e. The van der Waals surface area contributed by atoms with Gasteiger partial charge in [0.2, 0.25) is 5.91 Å². The summed E-state index contributed by atoms with van der Waals surface area (Å²) in [4.78, 5) is 33.8. The van der Waals surface area contributed by atoms with Crippen molar-refractivity contribution in [3.63, 3.8) is 0 Å². The maximum atomic E-state index is 13.3. The Balaban J connectivity index is 1.44. The fourth-order valence-electron chi connectivity index (χ4n) is 4.67. The summed E-state index contributed by atoms with van der Waals surface area (Å²) in [5.74, 6) is 0.936. The second-order valence-corrected chi connectivity index (χ2v) is 8.84. The second kappa shape index (κ2) is 11.0. The topological polar surface area (TPSA) is 66.7 Å². The monoisotopic (exact) mass is 457 g/mol. The van der Waals surface area contributed by atoms with Crippen LogP contribution in [0.4, 0.5) is 0 Å². The minimum absolute atomic E-state index is 0.0216. The average Bonchev–Trinajstić information content (AvgIpc) is 3.32. The highest BCUT2D eigenvalue weighted by atomic mass is 16.3. The van der Waals surface area contributed by atoms with Crippen molar-refractivity contribution in [1.29, 1.82) is 0 Å². The quantitative estimate of drug-likeness (QED) is 0.486. The minimum Gasteiger partial charge on any atom is -0.469 e. The normalized spacial score (nSPS) is 15.4. The zero-order chi connectivity index (χ0) is 23.9. The summed E-state index contributed by atoms with van der Waals surface area (Å²) >= 11 is 0. The van der Waals surface area contributed by atoms with Gasteiger partial charge in [-0.25, -0.2) is 0 Å². The van der Waals surface area contributed by atoms with Gasteiger partial charge < -0.3 is 14.2 Å². The molecule has 176 valence electrons. The van der Waals surface area contributed by atoms with Gasteiger partial charge in [-0.3, -0.25) is 14.6 Å². The predicted octanol–water partition coefficient (Wildman–Crippen LogP) is 4.62. The minimum atomic E-state index is -0.0222. The highest BCUT2D eigenvalue weighted by molar-refractivity contribution is 5.95. The number of rotatable bonds is 7. The predicted molar refractivity (Wildman–Crippen MR) is 132 cm³/mol. The SMILES string of the molecule is Cc1occc1C(=O)N(C)[C@H](Cc1ccccc1)C1CCN(C(=O)/C=C/c2ccncc2)CC1. The molecule has 1 fully saturated rings. The number of benzene rings is 1. The molecule has 0 bridgehead atoms. The van der Waals surface area contributed by atoms with Crippen molar-refractivity contribution in [1.82, 2.24) is 14.8 Å². The van der Waals surface area contributed by atoms with Gasteiger partial charge in [-0.05, 0) is 67.5 Å². The summed E-state index contributed by atoms with van der Waals surface area (Å²) in [7, 11) is 1.89. The third-order valence-corrected chi connectivity index (χ3v) is 6.71. The van der Waals surface area contributed by atoms with Crippen LogP contribution in [0.1, 0.15) is 40.1 Å². The lowest BCUT2D eigenvalue weighted by Gasteiger charge is -2.40. The number of hydrogen-bond donors (Lipinski definition) is 0. The van der Waals surface area contributed by atoms with Crippen LogP contribution >= 0.6 is 0 Å². The van der Waals surface area contributed by atoms with Crippen molar-refractivity contribution < 1.29 is 14.0 Å². The van der Waals surface area contributed by atoms with Gasteiger partial charge in [0, 0.05) is 44.6 Å². The summed E-state index contributed by atoms with van der Waals surface area (Å²) in [6.07, 6.45) is 10.9. The van der Waals surface area contributed by atoms with Crippen molar-refractivity contribution in [2.45, 2.75) is 32.2 Å². The van der Waals surface area contributed by atoms with E-state index in [1.165, 1.54) is 5.56 Å². The Labute approximate surface area is 200 Å². The van der Waals surface area contributed by atoms with Crippen molar-refractivity contribution in [3.8, 4) is 0 Å². The fraction of sp³-hybridized carbons (Fsp3) is 0.321. The Morgan fingerprint density at radius 2 is 1.82 bits per heavy atom. The molecule has 6 heteroatoms. The van der Waals surface area contributed by atoms with Crippen molar-refractivity contribution in [2.75, 3.05) is 20.1 Å². The van der Waals surface area contributed by atoms with Crippen LogP contribution in [-0.2, 0) is 11.2 Å². The highest BCUT2D eigenvalue weighted by Gasteiger charge is 2.33. The van der Waals surface area contributed by atoms with Gasteiger partial charge in [0.25, 0.3) is 5.91 Å². The van der Waals surface area contributed by atoms with E-state index < -0.39 is 0 Å². The Bertz CT molecular complexity index is 1120. The highest BCUT2D eigenvalue weighted by Crippen LogP contribution is 2.28. The van der Waals surface area contributed by atoms with Gasteiger partial charge in [-0.15, -0.1) is 0 Å². The van der Waals surface area contributed by atoms with Gasteiger partial charge in [0.05, 0.1) is 11.8 Å². The number of furan rings is 1. The first-order valence-electron chi connectivity index (χ1n) is 11.7. The van der Waals surface area contributed by atoms with Crippen LogP contribution < -0.4 is 0 Å². The van der Waals surface area contributed by atoms with Gasteiger partial charge in [0.15, 0.2) is 0 Å². The van der Waals surface area contributed by atoms with Crippen LogP contribution in [0.2, 0.25) is 0 Å². The zero-order valence-electron chi connectivity index (χ0n) is 19.8. The summed E-state index contributed by atoms with van der Waals surface area (Å²) in [6, 6.07) is 15.8. The number of carbonyl (C=O) groups is 2. The molecule has 6 nitrogen and oxygen atoms in total. The second-order valence-electron chi connectivity index (χ2n) is 8.84. The summed E-state index contributed by atoms with van der Waals surface area (Å²) in [5.41, 5.74) is 2.76. The third kappa shape index (κ3) is 5.63. The van der Waals surface area contributed by atoms with Crippen molar-refractivity contribution >= 4 is 17.9 Å². The van der Waals surface area contributed by atoms with Gasteiger partial charge in [0.1, 0.15) is 5.76 Å². The number of amides is 2. The van der Waals surface area contributed by atoms with Crippen LogP contribution in [0.5, 0.6) is 0 Å². The summed E-state index contributed by atoms with van der Waals surface area (Å²) in [6.45, 7) is 3.18. The number of carbonyl (C=O) groups excluding carboxylic acids is 2. The van der Waals surface area contributed by atoms with E-state index in [1.54, 1.807) is 30.8 Å². The lowest BCUT2D eigenvalue weighted by atomic mass is 9.84. The number of piperidine rings is 1. The molecule has 2 aromatic heterocycles. The number of pyridine rings is 1. The standard InChI is InChI=1S/C28H31N3O3/c1-21-25(14-19-34-21)28(33)30(2)26(20-23-6-4-3-5-7-23)24-12-17-31(18-13-24)27(32)9-8-22-10-15-29-16-11-22/h3-11,14-16,19,24,26H,12-13,17-18,20H2,1-2H3/b9-8+/t26-/m1/s1. The number of aryl methyl sites for hydroxylation is 1. The Kier molecular flexibility index (Phi) is 7.58. The van der Waals surface area contributed by atoms with E-state index in [1.807, 2.05) is 60.2 Å². The van der Waals surface area contributed by atoms with E-state index in [0.717, 1.165) is 24.8 Å². The molecular weight excluding hydrogens is 426 g/mol. The molecule has 0 saturated carbocycles. The van der Waals surface area contributed by atoms with Crippen LogP contribution in [0.15, 0.2) is 77.7 Å². The molecule has 3 aromatic rings. The molecule has 0 radical (unpaired) electrons. The Morgan fingerprint density at radius 3 is 2.47 bits per heavy atom. The lowest BCUT2D eigenvalue weighted by molar-refractivity contribution is -0.127. The first-order chi connectivity index (χ1) is 16.5. The van der Waals surface area contributed by atoms with E-state index in [0.29, 0.717) is 30.3 Å².